The Hall–Kier alpha value is -1.26. The highest BCUT2D eigenvalue weighted by molar-refractivity contribution is 8.13. The molecule has 0 radical (unpaired) electrons. The Labute approximate surface area is 128 Å². The molecule has 0 saturated heterocycles. The monoisotopic (exact) mass is 311 g/mol. The van der Waals surface area contributed by atoms with Gasteiger partial charge >= 0.3 is 0 Å². The van der Waals surface area contributed by atoms with E-state index >= 15 is 0 Å². The molecule has 1 amide bonds. The van der Waals surface area contributed by atoms with Crippen molar-refractivity contribution >= 4 is 46.1 Å². The van der Waals surface area contributed by atoms with Gasteiger partial charge in [-0.25, -0.2) is 0 Å². The fourth-order valence-electron chi connectivity index (χ4n) is 1.48. The Kier molecular flexibility index (Phi) is 8.07. The molecule has 1 N–H and O–H groups in total. The summed E-state index contributed by atoms with van der Waals surface area (Å²) < 4.78 is 0. The molecule has 108 valence electrons. The summed E-state index contributed by atoms with van der Waals surface area (Å²) in [6.07, 6.45) is 5.22. The third-order valence-corrected chi connectivity index (χ3v) is 3.45. The first-order valence-corrected chi connectivity index (χ1v) is 7.89. The molecular weight excluding hydrogens is 294 g/mol. The molecule has 0 fully saturated rings. The average Bonchev–Trinajstić information content (AvgIpc) is 2.40. The van der Waals surface area contributed by atoms with E-state index in [1.807, 2.05) is 36.4 Å². The van der Waals surface area contributed by atoms with Crippen LogP contribution in [0.5, 0.6) is 0 Å². The lowest BCUT2D eigenvalue weighted by atomic mass is 10.2. The van der Waals surface area contributed by atoms with Crippen LogP contribution in [0.15, 0.2) is 30.3 Å². The molecule has 0 atom stereocenters. The second-order valence-electron chi connectivity index (χ2n) is 4.14. The molecule has 20 heavy (non-hydrogen) atoms. The van der Waals surface area contributed by atoms with E-state index in [0.717, 1.165) is 23.4 Å². The van der Waals surface area contributed by atoms with E-state index in [1.54, 1.807) is 6.92 Å². The number of hydrogen-bond acceptors (Lipinski definition) is 3. The van der Waals surface area contributed by atoms with Gasteiger partial charge in [-0.15, -0.1) is 11.6 Å². The molecule has 0 spiro atoms. The highest BCUT2D eigenvalue weighted by Gasteiger charge is 2.00. The highest BCUT2D eigenvalue weighted by Crippen LogP contribution is 2.12. The Morgan fingerprint density at radius 3 is 2.60 bits per heavy atom. The predicted molar refractivity (Wildman–Crippen MR) is 87.2 cm³/mol. The second kappa shape index (κ2) is 9.61. The fraction of sp³-hybridized carbons (Fsp3) is 0.333. The van der Waals surface area contributed by atoms with Crippen LogP contribution in [-0.2, 0) is 9.59 Å². The van der Waals surface area contributed by atoms with E-state index in [4.69, 9.17) is 11.6 Å². The number of allylic oxidation sites excluding steroid dienone is 1. The van der Waals surface area contributed by atoms with Crippen molar-refractivity contribution in [3.05, 3.63) is 35.9 Å². The standard InChI is InChI=1S/C15H18ClNO2S/c1-12(18)20-11-3-2-4-13-5-7-14(8-6-13)17-15(19)9-10-16/h2,4-8H,3,9-11H2,1H3,(H,17,19). The first kappa shape index (κ1) is 16.8. The smallest absolute Gasteiger partial charge is 0.225 e. The van der Waals surface area contributed by atoms with Crippen molar-refractivity contribution in [3.63, 3.8) is 0 Å². The maximum Gasteiger partial charge on any atom is 0.225 e. The van der Waals surface area contributed by atoms with Crippen LogP contribution in [0.4, 0.5) is 5.69 Å². The summed E-state index contributed by atoms with van der Waals surface area (Å²) in [4.78, 5) is 22.1. The zero-order valence-electron chi connectivity index (χ0n) is 11.4. The first-order chi connectivity index (χ1) is 9.61. The van der Waals surface area contributed by atoms with Crippen LogP contribution >= 0.6 is 23.4 Å². The van der Waals surface area contributed by atoms with Crippen LogP contribution in [0.1, 0.15) is 25.3 Å². The van der Waals surface area contributed by atoms with Crippen LogP contribution in [0.25, 0.3) is 6.08 Å². The van der Waals surface area contributed by atoms with E-state index in [-0.39, 0.29) is 11.0 Å². The molecule has 0 aliphatic rings. The number of halogens is 1. The quantitative estimate of drug-likeness (QED) is 0.613. The topological polar surface area (TPSA) is 46.2 Å². The molecule has 3 nitrogen and oxygen atoms in total. The van der Waals surface area contributed by atoms with E-state index < -0.39 is 0 Å². The van der Waals surface area contributed by atoms with Crippen LogP contribution in [0.3, 0.4) is 0 Å². The fourth-order valence-corrected chi connectivity index (χ4v) is 2.19. The largest absolute Gasteiger partial charge is 0.326 e. The molecule has 1 aromatic carbocycles. The SMILES string of the molecule is CC(=O)SCCC=Cc1ccc(NC(=O)CCCl)cc1. The number of anilines is 1. The number of amides is 1. The predicted octanol–water partition coefficient (Wildman–Crippen LogP) is 3.94. The summed E-state index contributed by atoms with van der Waals surface area (Å²) >= 11 is 6.83. The molecule has 1 rings (SSSR count). The molecule has 0 aliphatic carbocycles. The Bertz CT molecular complexity index is 471. The summed E-state index contributed by atoms with van der Waals surface area (Å²) in [6, 6.07) is 7.59. The molecular formula is C15H18ClNO2S. The van der Waals surface area contributed by atoms with E-state index in [9.17, 15) is 9.59 Å². The lowest BCUT2D eigenvalue weighted by molar-refractivity contribution is -0.115. The van der Waals surface area contributed by atoms with Gasteiger partial charge in [0.1, 0.15) is 0 Å². The molecule has 0 aromatic heterocycles. The molecule has 0 aliphatic heterocycles. The Morgan fingerprint density at radius 1 is 1.30 bits per heavy atom. The third kappa shape index (κ3) is 7.36. The van der Waals surface area contributed by atoms with Gasteiger partial charge in [0.25, 0.3) is 0 Å². The van der Waals surface area contributed by atoms with Gasteiger partial charge in [0.2, 0.25) is 5.91 Å². The molecule has 1 aromatic rings. The van der Waals surface area contributed by atoms with Gasteiger partial charge in [0.15, 0.2) is 5.12 Å². The number of nitrogens with one attached hydrogen (secondary N) is 1. The Morgan fingerprint density at radius 2 is 2.00 bits per heavy atom. The van der Waals surface area contributed by atoms with Crippen molar-refractivity contribution in [2.45, 2.75) is 19.8 Å². The summed E-state index contributed by atoms with van der Waals surface area (Å²) in [5.41, 5.74) is 1.83. The van der Waals surface area contributed by atoms with Gasteiger partial charge in [-0.3, -0.25) is 9.59 Å². The summed E-state index contributed by atoms with van der Waals surface area (Å²) in [6.45, 7) is 1.58. The average molecular weight is 312 g/mol. The van der Waals surface area contributed by atoms with Gasteiger partial charge in [-0.2, -0.15) is 0 Å². The Balaban J connectivity index is 2.40. The van der Waals surface area contributed by atoms with Crippen molar-refractivity contribution in [2.75, 3.05) is 16.9 Å². The summed E-state index contributed by atoms with van der Waals surface area (Å²) in [7, 11) is 0. The van der Waals surface area contributed by atoms with Crippen LogP contribution in [0.2, 0.25) is 0 Å². The van der Waals surface area contributed by atoms with Gasteiger partial charge in [0.05, 0.1) is 0 Å². The van der Waals surface area contributed by atoms with Crippen molar-refractivity contribution < 1.29 is 9.59 Å². The molecule has 0 bridgehead atoms. The lowest BCUT2D eigenvalue weighted by Gasteiger charge is -2.04. The van der Waals surface area contributed by atoms with Crippen LogP contribution in [0, 0.1) is 0 Å². The minimum Gasteiger partial charge on any atom is -0.326 e. The highest BCUT2D eigenvalue weighted by atomic mass is 35.5. The van der Waals surface area contributed by atoms with E-state index in [0.29, 0.717) is 12.3 Å². The third-order valence-electron chi connectivity index (χ3n) is 2.42. The number of rotatable bonds is 7. The minimum atomic E-state index is -0.0791. The maximum atomic E-state index is 11.4. The molecule has 0 heterocycles. The van der Waals surface area contributed by atoms with Crippen molar-refractivity contribution in [3.8, 4) is 0 Å². The van der Waals surface area contributed by atoms with Crippen molar-refractivity contribution in [1.82, 2.24) is 0 Å². The van der Waals surface area contributed by atoms with Crippen LogP contribution in [-0.4, -0.2) is 22.7 Å². The number of carbonyl (C=O) groups is 2. The number of benzene rings is 1. The van der Waals surface area contributed by atoms with Gasteiger partial charge in [0, 0.05) is 30.7 Å². The van der Waals surface area contributed by atoms with E-state index in [2.05, 4.69) is 5.32 Å². The molecule has 5 heteroatoms. The zero-order valence-corrected chi connectivity index (χ0v) is 13.0. The molecule has 0 saturated carbocycles. The number of hydrogen-bond donors (Lipinski definition) is 1. The normalized spacial score (nSPS) is 10.7. The van der Waals surface area contributed by atoms with Crippen molar-refractivity contribution in [1.29, 1.82) is 0 Å². The van der Waals surface area contributed by atoms with Gasteiger partial charge in [-0.05, 0) is 24.1 Å². The van der Waals surface area contributed by atoms with Gasteiger partial charge < -0.3 is 5.32 Å². The van der Waals surface area contributed by atoms with Crippen molar-refractivity contribution in [2.24, 2.45) is 0 Å². The lowest BCUT2D eigenvalue weighted by Crippen LogP contribution is -2.11. The minimum absolute atomic E-state index is 0.0791. The van der Waals surface area contributed by atoms with Crippen LogP contribution < -0.4 is 5.32 Å². The number of carbonyl (C=O) groups excluding carboxylic acids is 2. The summed E-state index contributed by atoms with van der Waals surface area (Å²) in [5.74, 6) is 1.05. The maximum absolute atomic E-state index is 11.4. The summed E-state index contributed by atoms with van der Waals surface area (Å²) in [5, 5.41) is 2.92. The number of thioether (sulfide) groups is 1. The molecule has 0 unspecified atom stereocenters. The second-order valence-corrected chi connectivity index (χ2v) is 5.79. The first-order valence-electron chi connectivity index (χ1n) is 6.37. The number of alkyl halides is 1. The van der Waals surface area contributed by atoms with E-state index in [1.165, 1.54) is 11.8 Å². The zero-order chi connectivity index (χ0) is 14.8. The van der Waals surface area contributed by atoms with Gasteiger partial charge in [-0.1, -0.05) is 36.0 Å².